The minimum atomic E-state index is -0.347. The number of amides is 1. The largest absolute Gasteiger partial charge is 0.496 e. The number of ether oxygens (including phenoxy) is 3. The molecule has 1 fully saturated rings. The summed E-state index contributed by atoms with van der Waals surface area (Å²) >= 11 is 1.33. The van der Waals surface area contributed by atoms with Crippen LogP contribution in [0.3, 0.4) is 0 Å². The average Bonchev–Trinajstić information content (AvgIpc) is 3.64. The molecule has 1 amide bonds. The number of halogens is 1. The maximum atomic E-state index is 13.4. The van der Waals surface area contributed by atoms with Crippen molar-refractivity contribution >= 4 is 38.9 Å². The first kappa shape index (κ1) is 22.4. The number of anilines is 1. The van der Waals surface area contributed by atoms with Crippen LogP contribution in [-0.2, 0) is 4.79 Å². The van der Waals surface area contributed by atoms with Crippen molar-refractivity contribution in [1.82, 2.24) is 14.6 Å². The minimum Gasteiger partial charge on any atom is -0.496 e. The molecule has 0 unspecified atom stereocenters. The van der Waals surface area contributed by atoms with E-state index in [-0.39, 0.29) is 24.4 Å². The van der Waals surface area contributed by atoms with E-state index in [2.05, 4.69) is 10.1 Å². The molecule has 36 heavy (non-hydrogen) atoms. The van der Waals surface area contributed by atoms with E-state index < -0.39 is 0 Å². The third kappa shape index (κ3) is 3.91. The molecule has 1 atom stereocenters. The lowest BCUT2D eigenvalue weighted by Gasteiger charge is -2.25. The Hall–Kier alpha value is -4.12. The first-order valence-corrected chi connectivity index (χ1v) is 12.1. The van der Waals surface area contributed by atoms with Gasteiger partial charge in [0.05, 0.1) is 31.8 Å². The highest BCUT2D eigenvalue weighted by Crippen LogP contribution is 2.38. The van der Waals surface area contributed by atoms with Gasteiger partial charge in [0.2, 0.25) is 10.9 Å². The summed E-state index contributed by atoms with van der Waals surface area (Å²) < 4.78 is 38.0. The van der Waals surface area contributed by atoms with Crippen molar-refractivity contribution in [3.05, 3.63) is 54.5 Å². The summed E-state index contributed by atoms with van der Waals surface area (Å²) in [5.41, 5.74) is 1.86. The number of carbonyl (C=O) groups is 1. The van der Waals surface area contributed by atoms with Gasteiger partial charge in [0.1, 0.15) is 35.2 Å². The Kier molecular flexibility index (Phi) is 5.48. The summed E-state index contributed by atoms with van der Waals surface area (Å²) in [5, 5.41) is 5.58. The number of rotatable bonds is 7. The Bertz CT molecular complexity index is 1540. The Morgan fingerprint density at radius 2 is 2.00 bits per heavy atom. The Morgan fingerprint density at radius 3 is 2.75 bits per heavy atom. The molecule has 0 aliphatic carbocycles. The lowest BCUT2D eigenvalue weighted by atomic mass is 10.2. The highest BCUT2D eigenvalue weighted by molar-refractivity contribution is 7.18. The first-order chi connectivity index (χ1) is 17.5. The molecule has 0 saturated carbocycles. The Morgan fingerprint density at radius 1 is 1.17 bits per heavy atom. The Balaban J connectivity index is 1.29. The maximum absolute atomic E-state index is 13.4. The minimum absolute atomic E-state index is 0.0124. The van der Waals surface area contributed by atoms with Gasteiger partial charge in [0.25, 0.3) is 5.19 Å². The van der Waals surface area contributed by atoms with Crippen LogP contribution in [0.15, 0.2) is 53.1 Å². The molecular formula is C25H21FN4O5S. The summed E-state index contributed by atoms with van der Waals surface area (Å²) in [6.45, 7) is 0.260. The highest BCUT2D eigenvalue weighted by Gasteiger charge is 2.33. The molecule has 6 rings (SSSR count). The molecule has 1 saturated heterocycles. The van der Waals surface area contributed by atoms with Gasteiger partial charge in [-0.2, -0.15) is 0 Å². The van der Waals surface area contributed by atoms with Crippen LogP contribution in [0.4, 0.5) is 10.1 Å². The molecular weight excluding hydrogens is 487 g/mol. The second kappa shape index (κ2) is 8.83. The van der Waals surface area contributed by atoms with Crippen LogP contribution in [-0.4, -0.2) is 47.4 Å². The average molecular weight is 509 g/mol. The summed E-state index contributed by atoms with van der Waals surface area (Å²) in [7, 11) is 3.14. The summed E-state index contributed by atoms with van der Waals surface area (Å²) in [4.78, 5) is 19.5. The number of carbonyl (C=O) groups excluding carboxylic acids is 1. The van der Waals surface area contributed by atoms with Gasteiger partial charge in [0, 0.05) is 24.2 Å². The smallest absolute Gasteiger partial charge is 0.294 e. The van der Waals surface area contributed by atoms with E-state index in [1.807, 2.05) is 6.07 Å². The van der Waals surface area contributed by atoms with Crippen molar-refractivity contribution in [3.63, 3.8) is 0 Å². The van der Waals surface area contributed by atoms with Gasteiger partial charge in [0.15, 0.2) is 5.76 Å². The molecule has 3 aromatic heterocycles. The molecule has 1 aliphatic heterocycles. The van der Waals surface area contributed by atoms with Crippen LogP contribution in [0, 0.1) is 5.82 Å². The van der Waals surface area contributed by atoms with E-state index in [0.29, 0.717) is 57.2 Å². The van der Waals surface area contributed by atoms with Crippen molar-refractivity contribution in [1.29, 1.82) is 0 Å². The fourth-order valence-corrected chi connectivity index (χ4v) is 5.07. The third-order valence-corrected chi connectivity index (χ3v) is 7.01. The standard InChI is InChI=1S/C25H21FN4O5S/c1-32-17-9-20(34-13-16-7-8-23(31)30(16)15-5-3-14(26)4-6-15)18-11-22(35-21(18)10-17)19-12-29-24(27-19)36-25(28-29)33-2/h3-6,9-12,16H,7-8,13H2,1-2H3/t16-/m1/s1. The quantitative estimate of drug-likeness (QED) is 0.308. The lowest BCUT2D eigenvalue weighted by molar-refractivity contribution is -0.117. The van der Waals surface area contributed by atoms with E-state index in [9.17, 15) is 9.18 Å². The zero-order valence-corrected chi connectivity index (χ0v) is 20.3. The van der Waals surface area contributed by atoms with E-state index in [0.717, 1.165) is 5.39 Å². The molecule has 9 nitrogen and oxygen atoms in total. The fraction of sp³-hybridized carbons (Fsp3) is 0.240. The number of aromatic nitrogens is 3. The zero-order valence-electron chi connectivity index (χ0n) is 19.4. The number of fused-ring (bicyclic) bond motifs is 2. The molecule has 1 aliphatic rings. The van der Waals surface area contributed by atoms with E-state index in [1.54, 1.807) is 54.1 Å². The number of methoxy groups -OCH3 is 2. The third-order valence-electron chi connectivity index (χ3n) is 6.12. The predicted molar refractivity (Wildman–Crippen MR) is 132 cm³/mol. The summed E-state index contributed by atoms with van der Waals surface area (Å²) in [6.07, 6.45) is 2.82. The molecule has 0 spiro atoms. The van der Waals surface area contributed by atoms with Crippen LogP contribution in [0.5, 0.6) is 16.7 Å². The van der Waals surface area contributed by atoms with Crippen LogP contribution in [0.1, 0.15) is 12.8 Å². The lowest BCUT2D eigenvalue weighted by Crippen LogP contribution is -2.37. The molecule has 0 radical (unpaired) electrons. The molecule has 184 valence electrons. The second-order valence-corrected chi connectivity index (χ2v) is 9.24. The van der Waals surface area contributed by atoms with Gasteiger partial charge >= 0.3 is 0 Å². The first-order valence-electron chi connectivity index (χ1n) is 11.2. The number of hydrogen-bond acceptors (Lipinski definition) is 8. The molecule has 5 aromatic rings. The molecule has 4 heterocycles. The molecule has 0 N–H and O–H groups in total. The normalized spacial score (nSPS) is 15.8. The SMILES string of the molecule is COc1cc(OC[C@H]2CCC(=O)N2c2ccc(F)cc2)c2cc(-c3cn4nc(OC)sc4n3)oc2c1. The van der Waals surface area contributed by atoms with Crippen molar-refractivity contribution < 1.29 is 27.8 Å². The fourth-order valence-electron chi connectivity index (χ4n) is 4.37. The van der Waals surface area contributed by atoms with Crippen LogP contribution in [0.2, 0.25) is 0 Å². The van der Waals surface area contributed by atoms with Gasteiger partial charge in [-0.15, -0.1) is 5.10 Å². The van der Waals surface area contributed by atoms with Crippen molar-refractivity contribution in [2.45, 2.75) is 18.9 Å². The number of imidazole rings is 1. The van der Waals surface area contributed by atoms with E-state index in [4.69, 9.17) is 18.6 Å². The van der Waals surface area contributed by atoms with Gasteiger partial charge in [-0.1, -0.05) is 0 Å². The van der Waals surface area contributed by atoms with E-state index in [1.165, 1.54) is 23.5 Å². The molecule has 11 heteroatoms. The van der Waals surface area contributed by atoms with Crippen molar-refractivity contribution in [2.24, 2.45) is 0 Å². The predicted octanol–water partition coefficient (Wildman–Crippen LogP) is 4.93. The van der Waals surface area contributed by atoms with Crippen LogP contribution >= 0.6 is 11.3 Å². The summed E-state index contributed by atoms with van der Waals surface area (Å²) in [5.74, 6) is 1.35. The number of hydrogen-bond donors (Lipinski definition) is 0. The van der Waals surface area contributed by atoms with Gasteiger partial charge in [-0.3, -0.25) is 4.79 Å². The van der Waals surface area contributed by atoms with Crippen LogP contribution in [0.25, 0.3) is 27.4 Å². The number of benzene rings is 2. The topological polar surface area (TPSA) is 91.3 Å². The van der Waals surface area contributed by atoms with Crippen molar-refractivity contribution in [2.75, 3.05) is 25.7 Å². The van der Waals surface area contributed by atoms with Crippen molar-refractivity contribution in [3.8, 4) is 28.1 Å². The highest BCUT2D eigenvalue weighted by atomic mass is 32.1. The van der Waals surface area contributed by atoms with E-state index >= 15 is 0 Å². The summed E-state index contributed by atoms with van der Waals surface area (Å²) in [6, 6.07) is 11.2. The number of furan rings is 1. The monoisotopic (exact) mass is 508 g/mol. The Labute approximate surface area is 208 Å². The zero-order chi connectivity index (χ0) is 24.8. The molecule has 0 bridgehead atoms. The molecule has 2 aromatic carbocycles. The maximum Gasteiger partial charge on any atom is 0.294 e. The second-order valence-electron chi connectivity index (χ2n) is 8.32. The van der Waals surface area contributed by atoms with Gasteiger partial charge in [-0.25, -0.2) is 13.9 Å². The van der Waals surface area contributed by atoms with Crippen LogP contribution < -0.4 is 19.1 Å². The number of nitrogens with zero attached hydrogens (tertiary/aromatic N) is 4. The van der Waals surface area contributed by atoms with Gasteiger partial charge in [-0.05, 0) is 48.1 Å². The van der Waals surface area contributed by atoms with Gasteiger partial charge < -0.3 is 23.5 Å².